The second kappa shape index (κ2) is 12.2. The lowest BCUT2D eigenvalue weighted by Gasteiger charge is -2.43. The van der Waals surface area contributed by atoms with Crippen LogP contribution < -0.4 is 15.7 Å². The van der Waals surface area contributed by atoms with E-state index in [2.05, 4.69) is 217 Å². The van der Waals surface area contributed by atoms with Gasteiger partial charge in [-0.3, -0.25) is 0 Å². The van der Waals surface area contributed by atoms with E-state index in [9.17, 15) is 0 Å². The minimum Gasteiger partial charge on any atom is -0.376 e. The van der Waals surface area contributed by atoms with Gasteiger partial charge in [-0.15, -0.1) is 0 Å². The van der Waals surface area contributed by atoms with E-state index in [0.29, 0.717) is 0 Å². The molecule has 3 heteroatoms. The van der Waals surface area contributed by atoms with Crippen LogP contribution in [0.1, 0.15) is 83.2 Å². The molecule has 0 radical (unpaired) electrons. The number of nitrogens with zero attached hydrogens (tertiary/aromatic N) is 2. The molecule has 3 heterocycles. The molecular formula is C58H51BN2. The van der Waals surface area contributed by atoms with E-state index in [0.717, 1.165) is 0 Å². The van der Waals surface area contributed by atoms with Gasteiger partial charge >= 0.3 is 6.85 Å². The molecule has 0 saturated carbocycles. The molecule has 0 spiro atoms. The van der Waals surface area contributed by atoms with E-state index in [4.69, 9.17) is 0 Å². The van der Waals surface area contributed by atoms with E-state index in [1.807, 2.05) is 0 Å². The molecule has 0 unspecified atom stereocenters. The van der Waals surface area contributed by atoms with Crippen molar-refractivity contribution in [2.24, 2.45) is 0 Å². The van der Waals surface area contributed by atoms with Crippen LogP contribution in [0.25, 0.3) is 71.6 Å². The quantitative estimate of drug-likeness (QED) is 0.158. The number of rotatable bonds is 2. The fourth-order valence-electron chi connectivity index (χ4n) is 11.4. The van der Waals surface area contributed by atoms with Crippen LogP contribution in [-0.4, -0.2) is 11.4 Å². The van der Waals surface area contributed by atoms with Crippen molar-refractivity contribution in [1.29, 1.82) is 0 Å². The number of aromatic nitrogens is 1. The summed E-state index contributed by atoms with van der Waals surface area (Å²) in [7, 11) is 0. The molecule has 0 bridgehead atoms. The predicted octanol–water partition coefficient (Wildman–Crippen LogP) is 14.1. The van der Waals surface area contributed by atoms with Crippen LogP contribution in [0, 0.1) is 6.92 Å². The number of aryl methyl sites for hydroxylation is 1. The molecule has 0 saturated heterocycles. The summed E-state index contributed by atoms with van der Waals surface area (Å²) in [6, 6.07) is 56.5. The maximum Gasteiger partial charge on any atom is 0.333 e. The van der Waals surface area contributed by atoms with Crippen LogP contribution >= 0.6 is 0 Å². The summed E-state index contributed by atoms with van der Waals surface area (Å²) in [5.41, 5.74) is 23.6. The van der Waals surface area contributed by atoms with E-state index < -0.39 is 0 Å². The van der Waals surface area contributed by atoms with Crippen LogP contribution in [0.4, 0.5) is 11.4 Å². The van der Waals surface area contributed by atoms with Crippen molar-refractivity contribution in [1.82, 2.24) is 4.57 Å². The first-order chi connectivity index (χ1) is 29.2. The summed E-state index contributed by atoms with van der Waals surface area (Å²) in [6.07, 6.45) is 0. The molecule has 1 aliphatic carbocycles. The van der Waals surface area contributed by atoms with E-state index >= 15 is 0 Å². The van der Waals surface area contributed by atoms with Gasteiger partial charge in [0.25, 0.3) is 0 Å². The number of hydrogen-bond donors (Lipinski definition) is 0. The van der Waals surface area contributed by atoms with Crippen LogP contribution in [-0.2, 0) is 16.2 Å². The monoisotopic (exact) mass is 786 g/mol. The second-order valence-electron chi connectivity index (χ2n) is 20.7. The predicted molar refractivity (Wildman–Crippen MR) is 262 cm³/mol. The van der Waals surface area contributed by atoms with Gasteiger partial charge in [0, 0.05) is 38.8 Å². The lowest BCUT2D eigenvalue weighted by molar-refractivity contribution is 0.590. The highest BCUT2D eigenvalue weighted by Crippen LogP contribution is 2.53. The first kappa shape index (κ1) is 36.5. The molecule has 296 valence electrons. The third kappa shape index (κ3) is 4.98. The molecule has 2 aliphatic heterocycles. The van der Waals surface area contributed by atoms with Crippen molar-refractivity contribution in [3.63, 3.8) is 0 Å². The van der Waals surface area contributed by atoms with Gasteiger partial charge < -0.3 is 9.38 Å². The molecule has 12 rings (SSSR count). The van der Waals surface area contributed by atoms with Gasteiger partial charge in [-0.2, -0.15) is 0 Å². The highest BCUT2D eigenvalue weighted by atomic mass is 15.1. The van der Waals surface area contributed by atoms with E-state index in [1.165, 1.54) is 122 Å². The zero-order valence-electron chi connectivity index (χ0n) is 36.8. The standard InChI is InChI=1S/C58H51BN2/c1-34-16-10-12-18-40(34)36-28-46-53-41-19-13-11-17-35(41)22-26-51(53)61(39-24-25-48-43(33-39)42-20-14-15-21-47(42)58(48,8)9)59-49-32-38(57(5,6)7)31-45-44-30-37(56(2,3)4)23-27-50(44)60(55(45)49)52(29-36)54(46)59/h10-33H,1-9H3. The summed E-state index contributed by atoms with van der Waals surface area (Å²) in [5, 5.41) is 5.21. The Morgan fingerprint density at radius 3 is 2.02 bits per heavy atom. The van der Waals surface area contributed by atoms with Crippen molar-refractivity contribution in [2.45, 2.75) is 78.6 Å². The Hall–Kier alpha value is -6.32. The highest BCUT2D eigenvalue weighted by Gasteiger charge is 2.46. The van der Waals surface area contributed by atoms with Gasteiger partial charge in [0.15, 0.2) is 0 Å². The largest absolute Gasteiger partial charge is 0.376 e. The van der Waals surface area contributed by atoms with Gasteiger partial charge in [-0.25, -0.2) is 0 Å². The third-order valence-corrected chi connectivity index (χ3v) is 14.6. The average Bonchev–Trinajstić information content (AvgIpc) is 3.69. The molecule has 1 aromatic heterocycles. The summed E-state index contributed by atoms with van der Waals surface area (Å²) in [4.78, 5) is 2.72. The minimum absolute atomic E-state index is 0.0159. The lowest BCUT2D eigenvalue weighted by Crippen LogP contribution is -2.60. The summed E-state index contributed by atoms with van der Waals surface area (Å²) < 4.78 is 2.64. The summed E-state index contributed by atoms with van der Waals surface area (Å²) in [5.74, 6) is 0. The van der Waals surface area contributed by atoms with Crippen LogP contribution in [0.15, 0.2) is 146 Å². The number of fused-ring (bicyclic) bond motifs is 12. The van der Waals surface area contributed by atoms with Crippen molar-refractivity contribution in [3.8, 4) is 39.1 Å². The van der Waals surface area contributed by atoms with Crippen LogP contribution in [0.5, 0.6) is 0 Å². The van der Waals surface area contributed by atoms with Crippen LogP contribution in [0.2, 0.25) is 0 Å². The molecule has 0 N–H and O–H groups in total. The van der Waals surface area contributed by atoms with Crippen molar-refractivity contribution in [2.75, 3.05) is 4.81 Å². The van der Waals surface area contributed by atoms with Crippen molar-refractivity contribution in [3.05, 3.63) is 173 Å². The minimum atomic E-state index is -0.0732. The maximum atomic E-state index is 2.72. The Labute approximate surface area is 360 Å². The molecule has 0 fully saturated rings. The van der Waals surface area contributed by atoms with Gasteiger partial charge in [0.2, 0.25) is 0 Å². The lowest BCUT2D eigenvalue weighted by atomic mass is 9.43. The highest BCUT2D eigenvalue weighted by molar-refractivity contribution is 6.93. The first-order valence-corrected chi connectivity index (χ1v) is 22.1. The third-order valence-electron chi connectivity index (χ3n) is 14.6. The SMILES string of the molecule is Cc1ccccc1-c1cc2c3c(c1)-n1c4ccc(C(C)(C)C)cc4c4cc(C(C)(C)C)cc(c41)B3N(c1ccc3c(c1)-c1ccccc1C3(C)C)c1ccc3ccccc3c1-2. The normalized spacial score (nSPS) is 14.7. The topological polar surface area (TPSA) is 8.17 Å². The van der Waals surface area contributed by atoms with Gasteiger partial charge in [-0.1, -0.05) is 152 Å². The van der Waals surface area contributed by atoms with Gasteiger partial charge in [0.1, 0.15) is 0 Å². The Bertz CT molecular complexity index is 3380. The number of hydrogen-bond acceptors (Lipinski definition) is 1. The van der Waals surface area contributed by atoms with E-state index in [1.54, 1.807) is 0 Å². The zero-order valence-corrected chi connectivity index (χ0v) is 36.8. The summed E-state index contributed by atoms with van der Waals surface area (Å²) >= 11 is 0. The molecule has 8 aromatic carbocycles. The smallest absolute Gasteiger partial charge is 0.333 e. The van der Waals surface area contributed by atoms with Crippen molar-refractivity contribution >= 4 is 61.7 Å². The molecule has 3 aliphatic rings. The molecule has 2 nitrogen and oxygen atoms in total. The fourth-order valence-corrected chi connectivity index (χ4v) is 11.4. The molecule has 61 heavy (non-hydrogen) atoms. The Morgan fingerprint density at radius 1 is 0.525 bits per heavy atom. The Kier molecular flexibility index (Phi) is 7.28. The number of anilines is 2. The maximum absolute atomic E-state index is 2.72. The molecule has 9 aromatic rings. The molecule has 0 amide bonds. The molecule has 0 atom stereocenters. The fraction of sp³-hybridized carbons (Fsp3) is 0.207. The van der Waals surface area contributed by atoms with Gasteiger partial charge in [-0.05, 0) is 144 Å². The Balaban J connectivity index is 1.27. The zero-order chi connectivity index (χ0) is 41.9. The first-order valence-electron chi connectivity index (χ1n) is 22.1. The number of benzene rings is 8. The van der Waals surface area contributed by atoms with Gasteiger partial charge in [0.05, 0.1) is 11.0 Å². The second-order valence-corrected chi connectivity index (χ2v) is 20.7. The van der Waals surface area contributed by atoms with E-state index in [-0.39, 0.29) is 23.1 Å². The van der Waals surface area contributed by atoms with Crippen molar-refractivity contribution < 1.29 is 0 Å². The molecular weight excluding hydrogens is 735 g/mol. The van der Waals surface area contributed by atoms with Crippen LogP contribution in [0.3, 0.4) is 0 Å². The average molecular weight is 787 g/mol. The summed E-state index contributed by atoms with van der Waals surface area (Å²) in [6.45, 7) is 21.1. The Morgan fingerprint density at radius 2 is 1.23 bits per heavy atom.